The summed E-state index contributed by atoms with van der Waals surface area (Å²) < 4.78 is 2.47. The van der Waals surface area contributed by atoms with Crippen molar-refractivity contribution in [2.45, 2.75) is 22.5 Å². The fourth-order valence-electron chi connectivity index (χ4n) is 2.99. The molecule has 4 heteroatoms. The first-order valence-corrected chi connectivity index (χ1v) is 11.0. The molecule has 0 aliphatic carbocycles. The van der Waals surface area contributed by atoms with E-state index in [-0.39, 0.29) is 39.5 Å². The molecule has 0 amide bonds. The van der Waals surface area contributed by atoms with E-state index in [1.54, 1.807) is 0 Å². The van der Waals surface area contributed by atoms with Crippen molar-refractivity contribution in [3.8, 4) is 0 Å². The molecule has 0 fully saturated rings. The van der Waals surface area contributed by atoms with Crippen molar-refractivity contribution in [1.82, 2.24) is 0 Å². The van der Waals surface area contributed by atoms with Crippen molar-refractivity contribution < 1.29 is 9.59 Å². The molecule has 2 aromatic carbocycles. The van der Waals surface area contributed by atoms with E-state index in [1.165, 1.54) is 8.92 Å². The van der Waals surface area contributed by atoms with E-state index >= 15 is 0 Å². The quantitative estimate of drug-likeness (QED) is 0.710. The molecule has 110 valence electrons. The minimum absolute atomic E-state index is 0.136. The van der Waals surface area contributed by atoms with Gasteiger partial charge >= 0.3 is 142 Å². The molecule has 2 nitrogen and oxygen atoms in total. The number of ketones is 2. The van der Waals surface area contributed by atoms with E-state index in [2.05, 4.69) is 12.1 Å². The van der Waals surface area contributed by atoms with E-state index in [0.29, 0.717) is 11.6 Å². The molecule has 2 unspecified atom stereocenters. The second kappa shape index (κ2) is 5.79. The molecule has 0 spiro atoms. The number of carbonyl (C=O) groups excluding carboxylic acids is 2. The predicted molar refractivity (Wildman–Crippen MR) is 89.1 cm³/mol. The summed E-state index contributed by atoms with van der Waals surface area (Å²) in [6.45, 7) is 0. The third-order valence-corrected chi connectivity index (χ3v) is 9.76. The molecule has 0 bridgehead atoms. The number of rotatable bonds is 3. The molecule has 2 aliphatic heterocycles. The first-order valence-electron chi connectivity index (χ1n) is 7.34. The second-order valence-corrected chi connectivity index (χ2v) is 10.7. The van der Waals surface area contributed by atoms with E-state index < -0.39 is 0 Å². The molecule has 0 N–H and O–H groups in total. The number of hydrogen-bond acceptors (Lipinski definition) is 2. The van der Waals surface area contributed by atoms with Gasteiger partial charge in [0.05, 0.1) is 0 Å². The van der Waals surface area contributed by atoms with Gasteiger partial charge in [0.15, 0.2) is 0 Å². The van der Waals surface area contributed by atoms with Gasteiger partial charge in [-0.25, -0.2) is 0 Å². The van der Waals surface area contributed by atoms with Gasteiger partial charge in [-0.1, -0.05) is 0 Å². The molecule has 2 aromatic rings. The topological polar surface area (TPSA) is 34.1 Å². The number of hydrogen-bond donors (Lipinski definition) is 0. The standard InChI is InChI=1S/C18H14O2Se2/c19-17-11-5-1-3-7-13(11)21-15(17)9-10-16-18(20)12-6-2-4-8-14(12)22-16/h1-8,15-16H,9-10H2. The van der Waals surface area contributed by atoms with Crippen LogP contribution >= 0.6 is 0 Å². The monoisotopic (exact) mass is 422 g/mol. The van der Waals surface area contributed by atoms with Gasteiger partial charge in [-0.2, -0.15) is 0 Å². The van der Waals surface area contributed by atoms with Crippen LogP contribution in [0.3, 0.4) is 0 Å². The fraction of sp³-hybridized carbons (Fsp3) is 0.222. The molecular weight excluding hydrogens is 406 g/mol. The molecule has 0 saturated heterocycles. The molecule has 2 atom stereocenters. The molecule has 2 aliphatic rings. The zero-order valence-corrected chi connectivity index (χ0v) is 15.2. The summed E-state index contributed by atoms with van der Waals surface area (Å²) in [5, 5.41) is 0. The van der Waals surface area contributed by atoms with Crippen molar-refractivity contribution in [2.24, 2.45) is 0 Å². The zero-order chi connectivity index (χ0) is 15.1. The Bertz CT molecular complexity index is 704. The van der Waals surface area contributed by atoms with Gasteiger partial charge in [0.2, 0.25) is 0 Å². The second-order valence-electron chi connectivity index (χ2n) is 5.51. The van der Waals surface area contributed by atoms with E-state index in [9.17, 15) is 9.59 Å². The van der Waals surface area contributed by atoms with Crippen LogP contribution in [0, 0.1) is 0 Å². The number of Topliss-reactive ketones (excluding diaryl/α,β-unsaturated/α-hetero) is 2. The van der Waals surface area contributed by atoms with E-state index in [4.69, 9.17) is 0 Å². The fourth-order valence-corrected chi connectivity index (χ4v) is 8.22. The summed E-state index contributed by atoms with van der Waals surface area (Å²) in [6, 6.07) is 15.9. The Morgan fingerprint density at radius 1 is 0.682 bits per heavy atom. The van der Waals surface area contributed by atoms with Crippen molar-refractivity contribution in [3.63, 3.8) is 0 Å². The maximum atomic E-state index is 12.4. The van der Waals surface area contributed by atoms with Gasteiger partial charge < -0.3 is 0 Å². The van der Waals surface area contributed by atoms with Crippen LogP contribution in [0.25, 0.3) is 0 Å². The van der Waals surface area contributed by atoms with Crippen LogP contribution in [0.1, 0.15) is 33.6 Å². The minimum atomic E-state index is 0.136. The van der Waals surface area contributed by atoms with Gasteiger partial charge in [0, 0.05) is 0 Å². The van der Waals surface area contributed by atoms with Crippen LogP contribution in [0.4, 0.5) is 0 Å². The van der Waals surface area contributed by atoms with Crippen LogP contribution < -0.4 is 8.92 Å². The third kappa shape index (κ3) is 2.41. The Labute approximate surface area is 142 Å². The average Bonchev–Trinajstić information content (AvgIpc) is 3.04. The van der Waals surface area contributed by atoms with Crippen molar-refractivity contribution in [2.75, 3.05) is 0 Å². The van der Waals surface area contributed by atoms with Gasteiger partial charge in [-0.05, 0) is 0 Å². The Hall–Kier alpha value is -1.18. The maximum absolute atomic E-state index is 12.4. The normalized spacial score (nSPS) is 22.7. The van der Waals surface area contributed by atoms with E-state index in [1.807, 2.05) is 36.4 Å². The van der Waals surface area contributed by atoms with Gasteiger partial charge in [-0.15, -0.1) is 0 Å². The van der Waals surface area contributed by atoms with Crippen LogP contribution in [0.5, 0.6) is 0 Å². The Kier molecular flexibility index (Phi) is 3.79. The van der Waals surface area contributed by atoms with Crippen LogP contribution in [-0.2, 0) is 0 Å². The Morgan fingerprint density at radius 3 is 1.50 bits per heavy atom. The summed E-state index contributed by atoms with van der Waals surface area (Å²) in [6.07, 6.45) is 1.72. The summed E-state index contributed by atoms with van der Waals surface area (Å²) in [5.74, 6) is 0.595. The van der Waals surface area contributed by atoms with E-state index in [0.717, 1.165) is 24.0 Å². The molecule has 22 heavy (non-hydrogen) atoms. The van der Waals surface area contributed by atoms with Gasteiger partial charge in [0.25, 0.3) is 0 Å². The number of carbonyl (C=O) groups is 2. The van der Waals surface area contributed by atoms with Crippen molar-refractivity contribution in [1.29, 1.82) is 0 Å². The van der Waals surface area contributed by atoms with Crippen LogP contribution in [0.2, 0.25) is 9.63 Å². The van der Waals surface area contributed by atoms with Crippen molar-refractivity contribution in [3.05, 3.63) is 59.7 Å². The first kappa shape index (κ1) is 14.4. The number of fused-ring (bicyclic) bond motifs is 2. The van der Waals surface area contributed by atoms with Gasteiger partial charge in [-0.3, -0.25) is 0 Å². The molecule has 0 saturated carbocycles. The molecule has 0 radical (unpaired) electrons. The average molecular weight is 420 g/mol. The number of benzene rings is 2. The van der Waals surface area contributed by atoms with Gasteiger partial charge in [0.1, 0.15) is 0 Å². The van der Waals surface area contributed by atoms with Crippen molar-refractivity contribution >= 4 is 50.4 Å². The Morgan fingerprint density at radius 2 is 1.09 bits per heavy atom. The zero-order valence-electron chi connectivity index (χ0n) is 11.8. The first-order chi connectivity index (χ1) is 10.7. The van der Waals surface area contributed by atoms with Crippen LogP contribution in [-0.4, -0.2) is 41.5 Å². The molecular formula is C18H14O2Se2. The predicted octanol–water partition coefficient (Wildman–Crippen LogP) is 1.80. The summed E-state index contributed by atoms with van der Waals surface area (Å²) in [5.41, 5.74) is 1.83. The third-order valence-electron chi connectivity index (χ3n) is 4.12. The molecule has 4 rings (SSSR count). The summed E-state index contributed by atoms with van der Waals surface area (Å²) in [4.78, 5) is 25.1. The molecule has 2 heterocycles. The molecule has 0 aromatic heterocycles. The SMILES string of the molecule is O=C1c2ccccc2[Se]C1CCC1[Se]c2ccccc2C1=O. The Balaban J connectivity index is 1.43. The summed E-state index contributed by atoms with van der Waals surface area (Å²) in [7, 11) is 0. The summed E-state index contributed by atoms with van der Waals surface area (Å²) >= 11 is 0.463. The van der Waals surface area contributed by atoms with Crippen LogP contribution in [0.15, 0.2) is 48.5 Å².